The molecule has 0 atom stereocenters. The Labute approximate surface area is 166 Å². The number of nitrogens with zero attached hydrogens (tertiary/aromatic N) is 5. The van der Waals surface area contributed by atoms with Gasteiger partial charge >= 0.3 is 0 Å². The van der Waals surface area contributed by atoms with Gasteiger partial charge in [-0.25, -0.2) is 19.9 Å². The fourth-order valence-electron chi connectivity index (χ4n) is 3.56. The third-order valence-corrected chi connectivity index (χ3v) is 5.18. The molecular formula is C21H16ClN5O. The lowest BCUT2D eigenvalue weighted by molar-refractivity contribution is 0.396. The van der Waals surface area contributed by atoms with Gasteiger partial charge in [-0.3, -0.25) is 0 Å². The largest absolute Gasteiger partial charge is 0.480 e. The summed E-state index contributed by atoms with van der Waals surface area (Å²) in [6.07, 6.45) is 5.88. The van der Waals surface area contributed by atoms with E-state index in [-0.39, 0.29) is 0 Å². The molecule has 0 saturated heterocycles. The second-order valence-corrected chi connectivity index (χ2v) is 6.98. The summed E-state index contributed by atoms with van der Waals surface area (Å²) in [7, 11) is 1.57. The highest BCUT2D eigenvalue weighted by atomic mass is 35.5. The van der Waals surface area contributed by atoms with Gasteiger partial charge in [-0.1, -0.05) is 23.7 Å². The average Bonchev–Trinajstić information content (AvgIpc) is 3.16. The van der Waals surface area contributed by atoms with Gasteiger partial charge in [0.05, 0.1) is 30.7 Å². The maximum absolute atomic E-state index is 6.24. The molecule has 1 aliphatic rings. The van der Waals surface area contributed by atoms with Crippen LogP contribution in [0, 0.1) is 0 Å². The van der Waals surface area contributed by atoms with Crippen LogP contribution in [0.25, 0.3) is 22.2 Å². The summed E-state index contributed by atoms with van der Waals surface area (Å²) in [5.41, 5.74) is 4.97. The molecule has 138 valence electrons. The van der Waals surface area contributed by atoms with Crippen LogP contribution in [-0.2, 0) is 6.42 Å². The van der Waals surface area contributed by atoms with Crippen LogP contribution >= 0.6 is 11.6 Å². The smallest absolute Gasteiger partial charge is 0.232 e. The molecule has 0 N–H and O–H groups in total. The average molecular weight is 390 g/mol. The number of halogens is 1. The van der Waals surface area contributed by atoms with Gasteiger partial charge in [0.15, 0.2) is 0 Å². The fourth-order valence-corrected chi connectivity index (χ4v) is 3.73. The summed E-state index contributed by atoms with van der Waals surface area (Å²) in [4.78, 5) is 19.9. The number of hydrogen-bond acceptors (Lipinski definition) is 6. The molecule has 28 heavy (non-hydrogen) atoms. The number of rotatable bonds is 3. The molecule has 1 aliphatic heterocycles. The van der Waals surface area contributed by atoms with Gasteiger partial charge in [0.2, 0.25) is 5.88 Å². The second-order valence-electron chi connectivity index (χ2n) is 6.55. The summed E-state index contributed by atoms with van der Waals surface area (Å²) < 4.78 is 5.09. The molecule has 0 saturated carbocycles. The molecule has 0 unspecified atom stereocenters. The molecule has 7 heteroatoms. The molecule has 0 radical (unpaired) electrons. The summed E-state index contributed by atoms with van der Waals surface area (Å²) in [6.45, 7) is 0.856. The Morgan fingerprint density at radius 3 is 2.75 bits per heavy atom. The molecule has 5 rings (SSSR count). The first-order chi connectivity index (χ1) is 13.7. The first-order valence-corrected chi connectivity index (χ1v) is 9.28. The number of methoxy groups -OCH3 is 1. The summed E-state index contributed by atoms with van der Waals surface area (Å²) in [5.74, 6) is 1.36. The van der Waals surface area contributed by atoms with Crippen LogP contribution in [-0.4, -0.2) is 33.6 Å². The van der Waals surface area contributed by atoms with Crippen LogP contribution in [0.5, 0.6) is 5.88 Å². The van der Waals surface area contributed by atoms with Crippen molar-refractivity contribution >= 4 is 34.0 Å². The van der Waals surface area contributed by atoms with E-state index in [4.69, 9.17) is 16.3 Å². The topological polar surface area (TPSA) is 64.0 Å². The van der Waals surface area contributed by atoms with Crippen molar-refractivity contribution in [1.82, 2.24) is 19.9 Å². The van der Waals surface area contributed by atoms with Gasteiger partial charge in [0, 0.05) is 28.2 Å². The zero-order valence-corrected chi connectivity index (χ0v) is 15.9. The first-order valence-electron chi connectivity index (χ1n) is 8.90. The van der Waals surface area contributed by atoms with E-state index in [1.165, 1.54) is 5.56 Å². The molecule has 2 aromatic heterocycles. The lowest BCUT2D eigenvalue weighted by Crippen LogP contribution is -2.15. The summed E-state index contributed by atoms with van der Waals surface area (Å²) in [6, 6.07) is 12.0. The van der Waals surface area contributed by atoms with E-state index in [1.807, 2.05) is 24.3 Å². The monoisotopic (exact) mass is 389 g/mol. The number of aromatic nitrogens is 4. The molecule has 4 aromatic rings. The fraction of sp³-hybridized carbons (Fsp3) is 0.143. The van der Waals surface area contributed by atoms with E-state index < -0.39 is 0 Å². The van der Waals surface area contributed by atoms with E-state index in [0.717, 1.165) is 51.7 Å². The summed E-state index contributed by atoms with van der Waals surface area (Å²) in [5, 5.41) is 1.68. The molecule has 3 heterocycles. The lowest BCUT2D eigenvalue weighted by atomic mass is 10.1. The Kier molecular flexibility index (Phi) is 4.06. The number of hydrogen-bond donors (Lipinski definition) is 0. The number of anilines is 2. The van der Waals surface area contributed by atoms with Crippen LogP contribution < -0.4 is 9.64 Å². The van der Waals surface area contributed by atoms with Crippen LogP contribution in [0.4, 0.5) is 11.5 Å². The zero-order chi connectivity index (χ0) is 19.1. The van der Waals surface area contributed by atoms with Crippen LogP contribution in [0.2, 0.25) is 5.02 Å². The van der Waals surface area contributed by atoms with Crippen molar-refractivity contribution in [2.75, 3.05) is 18.6 Å². The predicted octanol–water partition coefficient (Wildman–Crippen LogP) is 4.44. The normalized spacial score (nSPS) is 13.0. The minimum Gasteiger partial charge on any atom is -0.480 e. The molecule has 0 amide bonds. The minimum atomic E-state index is 0.485. The van der Waals surface area contributed by atoms with Crippen molar-refractivity contribution in [3.63, 3.8) is 0 Å². The Morgan fingerprint density at radius 1 is 1.00 bits per heavy atom. The third-order valence-electron chi connectivity index (χ3n) is 4.95. The van der Waals surface area contributed by atoms with Crippen LogP contribution in [0.15, 0.2) is 55.1 Å². The highest BCUT2D eigenvalue weighted by Gasteiger charge is 2.23. The number of benzene rings is 2. The van der Waals surface area contributed by atoms with Gasteiger partial charge in [-0.2, -0.15) is 0 Å². The summed E-state index contributed by atoms with van der Waals surface area (Å²) >= 11 is 6.24. The number of fused-ring (bicyclic) bond motifs is 2. The van der Waals surface area contributed by atoms with E-state index in [9.17, 15) is 0 Å². The Morgan fingerprint density at radius 2 is 1.93 bits per heavy atom. The maximum Gasteiger partial charge on any atom is 0.232 e. The highest BCUT2D eigenvalue weighted by Crippen LogP contribution is 2.38. The zero-order valence-electron chi connectivity index (χ0n) is 15.1. The minimum absolute atomic E-state index is 0.485. The molecular weight excluding hydrogens is 374 g/mol. The Hall–Kier alpha value is -3.25. The SMILES string of the molecule is COc1cnc(-c2ccc3ncnc(N4CCc5ccc(Cl)cc54)c3c2)cn1. The molecule has 0 fully saturated rings. The van der Waals surface area contributed by atoms with Gasteiger partial charge in [0.1, 0.15) is 12.1 Å². The Balaban J connectivity index is 1.63. The lowest BCUT2D eigenvalue weighted by Gasteiger charge is -2.20. The van der Waals surface area contributed by atoms with E-state index in [2.05, 4.69) is 37.0 Å². The number of ether oxygens (including phenoxy) is 1. The van der Waals surface area contributed by atoms with Gasteiger partial charge in [-0.05, 0) is 36.2 Å². The highest BCUT2D eigenvalue weighted by molar-refractivity contribution is 6.31. The van der Waals surface area contributed by atoms with Crippen molar-refractivity contribution in [1.29, 1.82) is 0 Å². The van der Waals surface area contributed by atoms with Gasteiger partial charge in [0.25, 0.3) is 0 Å². The van der Waals surface area contributed by atoms with E-state index >= 15 is 0 Å². The van der Waals surface area contributed by atoms with Crippen LogP contribution in [0.3, 0.4) is 0 Å². The van der Waals surface area contributed by atoms with Crippen molar-refractivity contribution < 1.29 is 4.74 Å². The first kappa shape index (κ1) is 16.9. The van der Waals surface area contributed by atoms with Crippen molar-refractivity contribution in [2.24, 2.45) is 0 Å². The van der Waals surface area contributed by atoms with Gasteiger partial charge < -0.3 is 9.64 Å². The maximum atomic E-state index is 6.24. The predicted molar refractivity (Wildman–Crippen MR) is 109 cm³/mol. The molecule has 0 spiro atoms. The standard InChI is InChI=1S/C21H16ClN5O/c1-28-20-11-23-18(10-24-20)14-3-5-17-16(8-14)21(26-12-25-17)27-7-6-13-2-4-15(22)9-19(13)27/h2-5,8-12H,6-7H2,1H3. The van der Waals surface area contributed by atoms with E-state index in [1.54, 1.807) is 25.8 Å². The molecule has 0 bridgehead atoms. The Bertz CT molecular complexity index is 1180. The van der Waals surface area contributed by atoms with Crippen molar-refractivity contribution in [2.45, 2.75) is 6.42 Å². The van der Waals surface area contributed by atoms with Crippen molar-refractivity contribution in [3.05, 3.63) is 65.7 Å². The molecule has 6 nitrogen and oxygen atoms in total. The van der Waals surface area contributed by atoms with Crippen molar-refractivity contribution in [3.8, 4) is 17.1 Å². The van der Waals surface area contributed by atoms with Gasteiger partial charge in [-0.15, -0.1) is 0 Å². The second kappa shape index (κ2) is 6.73. The molecule has 0 aliphatic carbocycles. The van der Waals surface area contributed by atoms with Crippen LogP contribution in [0.1, 0.15) is 5.56 Å². The third kappa shape index (κ3) is 2.82. The van der Waals surface area contributed by atoms with E-state index in [0.29, 0.717) is 5.88 Å². The quantitative estimate of drug-likeness (QED) is 0.516. The molecule has 2 aromatic carbocycles.